The van der Waals surface area contributed by atoms with Crippen LogP contribution in [0.25, 0.3) is 22.5 Å². The van der Waals surface area contributed by atoms with Crippen LogP contribution in [0.5, 0.6) is 0 Å². The number of piperazine rings is 1. The van der Waals surface area contributed by atoms with Gasteiger partial charge in [0, 0.05) is 51.0 Å². The lowest BCUT2D eigenvalue weighted by Crippen LogP contribution is -2.44. The molecule has 0 saturated carbocycles. The molecule has 4 aromatic rings. The van der Waals surface area contributed by atoms with Crippen molar-refractivity contribution in [3.63, 3.8) is 0 Å². The average Bonchev–Trinajstić information content (AvgIpc) is 3.39. The molecular weight excluding hydrogens is 400 g/mol. The highest BCUT2D eigenvalue weighted by molar-refractivity contribution is 5.85. The van der Waals surface area contributed by atoms with Crippen molar-refractivity contribution in [2.45, 2.75) is 0 Å². The summed E-state index contributed by atoms with van der Waals surface area (Å²) < 4.78 is 1.74. The maximum absolute atomic E-state index is 4.40. The van der Waals surface area contributed by atoms with Gasteiger partial charge in [-0.2, -0.15) is 5.10 Å². The monoisotopic (exact) mass is 428 g/mol. The van der Waals surface area contributed by atoms with Crippen molar-refractivity contribution in [2.75, 3.05) is 50.5 Å². The summed E-state index contributed by atoms with van der Waals surface area (Å²) in [5.74, 6) is 1.92. The zero-order chi connectivity index (χ0) is 22.3. The highest BCUT2D eigenvalue weighted by atomic mass is 15.3. The average molecular weight is 429 g/mol. The van der Waals surface area contributed by atoms with Crippen molar-refractivity contribution in [1.82, 2.24) is 29.6 Å². The molecule has 0 atom stereocenters. The molecule has 1 N–H and O–H groups in total. The summed E-state index contributed by atoms with van der Waals surface area (Å²) >= 11 is 0. The lowest BCUT2D eigenvalue weighted by molar-refractivity contribution is 0.312. The fourth-order valence-electron chi connectivity index (χ4n) is 3.52. The van der Waals surface area contributed by atoms with Gasteiger partial charge in [0.1, 0.15) is 24.3 Å². The Kier molecular flexibility index (Phi) is 6.72. The van der Waals surface area contributed by atoms with Crippen molar-refractivity contribution >= 4 is 28.5 Å². The normalized spacial score (nSPS) is 14.0. The van der Waals surface area contributed by atoms with Gasteiger partial charge in [-0.05, 0) is 48.3 Å². The number of rotatable bonds is 4. The lowest BCUT2D eigenvalue weighted by atomic mass is 10.1. The Morgan fingerprint density at radius 3 is 2.56 bits per heavy atom. The van der Waals surface area contributed by atoms with Crippen LogP contribution >= 0.6 is 0 Å². The minimum Gasteiger partial charge on any atom is -0.373 e. The first-order valence-corrected chi connectivity index (χ1v) is 10.6. The molecule has 1 aliphatic heterocycles. The smallest absolute Gasteiger partial charge is 0.138 e. The second-order valence-corrected chi connectivity index (χ2v) is 7.63. The van der Waals surface area contributed by atoms with Gasteiger partial charge < -0.3 is 15.1 Å². The molecule has 0 bridgehead atoms. The standard InChI is InChI=1S/C12H11N5.C12H17N3/c1-13-12-5-10-4-11(17-8-14-7-16-17)3-2-9(10)6-15-12;1-3-11-4-5-13-12(10-11)15-8-6-14(2)7-9-15/h2-8H,1H3,(H,13,15);3-5,10H,1,6-9H2,2H3. The van der Waals surface area contributed by atoms with E-state index < -0.39 is 0 Å². The van der Waals surface area contributed by atoms with E-state index in [1.165, 1.54) is 6.33 Å². The third kappa shape index (κ3) is 5.09. The molecule has 0 unspecified atom stereocenters. The number of likely N-dealkylation sites (N-methyl/N-ethyl adjacent to an activating group) is 1. The minimum atomic E-state index is 0.855. The number of benzene rings is 1. The molecule has 1 saturated heterocycles. The van der Waals surface area contributed by atoms with Gasteiger partial charge in [-0.15, -0.1) is 0 Å². The summed E-state index contributed by atoms with van der Waals surface area (Å²) in [4.78, 5) is 17.3. The molecule has 164 valence electrons. The zero-order valence-electron chi connectivity index (χ0n) is 18.5. The van der Waals surface area contributed by atoms with Gasteiger partial charge >= 0.3 is 0 Å². The van der Waals surface area contributed by atoms with Crippen LogP contribution in [0.2, 0.25) is 0 Å². The summed E-state index contributed by atoms with van der Waals surface area (Å²) in [5, 5.41) is 9.36. The number of fused-ring (bicyclic) bond motifs is 1. The van der Waals surface area contributed by atoms with E-state index in [2.05, 4.69) is 60.9 Å². The maximum atomic E-state index is 4.40. The van der Waals surface area contributed by atoms with E-state index in [9.17, 15) is 0 Å². The molecule has 1 fully saturated rings. The molecular formula is C24H28N8. The van der Waals surface area contributed by atoms with Crippen LogP contribution in [0.4, 0.5) is 11.6 Å². The summed E-state index contributed by atoms with van der Waals surface area (Å²) in [6.07, 6.45) is 8.77. The predicted molar refractivity (Wildman–Crippen MR) is 130 cm³/mol. The fourth-order valence-corrected chi connectivity index (χ4v) is 3.52. The first kappa shape index (κ1) is 21.5. The first-order valence-electron chi connectivity index (χ1n) is 10.6. The van der Waals surface area contributed by atoms with Gasteiger partial charge in [-0.25, -0.2) is 19.6 Å². The number of anilines is 2. The van der Waals surface area contributed by atoms with Crippen LogP contribution in [0.1, 0.15) is 5.56 Å². The van der Waals surface area contributed by atoms with Crippen LogP contribution in [0.15, 0.2) is 68.0 Å². The molecule has 8 heteroatoms. The molecule has 4 heterocycles. The Morgan fingerprint density at radius 1 is 1.00 bits per heavy atom. The molecule has 5 rings (SSSR count). The molecule has 1 aromatic carbocycles. The number of hydrogen-bond acceptors (Lipinski definition) is 7. The van der Waals surface area contributed by atoms with Gasteiger partial charge in [0.25, 0.3) is 0 Å². The van der Waals surface area contributed by atoms with Gasteiger partial charge in [0.15, 0.2) is 0 Å². The summed E-state index contributed by atoms with van der Waals surface area (Å²) in [6.45, 7) is 8.12. The lowest BCUT2D eigenvalue weighted by Gasteiger charge is -2.33. The predicted octanol–water partition coefficient (Wildman–Crippen LogP) is 3.33. The Labute approximate surface area is 188 Å². The number of aromatic nitrogens is 5. The Hall–Kier alpha value is -3.78. The van der Waals surface area contributed by atoms with E-state index in [0.717, 1.165) is 59.8 Å². The van der Waals surface area contributed by atoms with Gasteiger partial charge in [-0.3, -0.25) is 0 Å². The SMILES string of the molecule is C=Cc1ccnc(N2CCN(C)CC2)c1.CNc1cc2cc(-n3cncn3)ccc2cn1. The van der Waals surface area contributed by atoms with Gasteiger partial charge in [-0.1, -0.05) is 18.7 Å². The van der Waals surface area contributed by atoms with Crippen molar-refractivity contribution < 1.29 is 0 Å². The van der Waals surface area contributed by atoms with E-state index >= 15 is 0 Å². The van der Waals surface area contributed by atoms with Crippen molar-refractivity contribution in [1.29, 1.82) is 0 Å². The van der Waals surface area contributed by atoms with E-state index in [4.69, 9.17) is 0 Å². The molecule has 3 aromatic heterocycles. The van der Waals surface area contributed by atoms with Crippen LogP contribution in [-0.4, -0.2) is 69.9 Å². The number of pyridine rings is 2. The molecule has 32 heavy (non-hydrogen) atoms. The molecule has 8 nitrogen and oxygen atoms in total. The molecule has 0 spiro atoms. The van der Waals surface area contributed by atoms with Crippen LogP contribution in [0, 0.1) is 0 Å². The highest BCUT2D eigenvalue weighted by Crippen LogP contribution is 2.20. The van der Waals surface area contributed by atoms with Gasteiger partial charge in [0.2, 0.25) is 0 Å². The maximum Gasteiger partial charge on any atom is 0.138 e. The van der Waals surface area contributed by atoms with Crippen LogP contribution < -0.4 is 10.2 Å². The fraction of sp³-hybridized carbons (Fsp3) is 0.250. The molecule has 0 radical (unpaired) electrons. The molecule has 1 aliphatic rings. The van der Waals surface area contributed by atoms with E-state index in [1.807, 2.05) is 49.8 Å². The zero-order valence-corrected chi connectivity index (χ0v) is 18.5. The van der Waals surface area contributed by atoms with E-state index in [0.29, 0.717) is 0 Å². The third-order valence-corrected chi connectivity index (χ3v) is 5.48. The Bertz CT molecular complexity index is 1160. The molecule has 0 aliphatic carbocycles. The van der Waals surface area contributed by atoms with E-state index in [-0.39, 0.29) is 0 Å². The largest absolute Gasteiger partial charge is 0.373 e. The quantitative estimate of drug-likeness (QED) is 0.534. The second-order valence-electron chi connectivity index (χ2n) is 7.63. The Balaban J connectivity index is 0.000000155. The van der Waals surface area contributed by atoms with Crippen LogP contribution in [0.3, 0.4) is 0 Å². The number of nitrogens with zero attached hydrogens (tertiary/aromatic N) is 7. The van der Waals surface area contributed by atoms with Gasteiger partial charge in [0.05, 0.1) is 5.69 Å². The van der Waals surface area contributed by atoms with Crippen molar-refractivity contribution in [3.8, 4) is 5.69 Å². The topological polar surface area (TPSA) is 75.0 Å². The Morgan fingerprint density at radius 2 is 1.84 bits per heavy atom. The summed E-state index contributed by atoms with van der Waals surface area (Å²) in [5.41, 5.74) is 2.13. The van der Waals surface area contributed by atoms with Crippen molar-refractivity contribution in [2.24, 2.45) is 0 Å². The number of nitrogens with one attached hydrogen (secondary N) is 1. The third-order valence-electron chi connectivity index (χ3n) is 5.48. The highest BCUT2D eigenvalue weighted by Gasteiger charge is 2.14. The van der Waals surface area contributed by atoms with E-state index in [1.54, 1.807) is 11.0 Å². The second kappa shape index (κ2) is 10.0. The molecule has 0 amide bonds. The first-order chi connectivity index (χ1) is 15.7. The summed E-state index contributed by atoms with van der Waals surface area (Å²) in [7, 11) is 4.01. The minimum absolute atomic E-state index is 0.855. The summed E-state index contributed by atoms with van der Waals surface area (Å²) in [6, 6.07) is 12.2. The van der Waals surface area contributed by atoms with Crippen LogP contribution in [-0.2, 0) is 0 Å². The van der Waals surface area contributed by atoms with Crippen molar-refractivity contribution in [3.05, 3.63) is 73.6 Å². The number of hydrogen-bond donors (Lipinski definition) is 1.